The molecule has 1 fully saturated rings. The second-order valence-electron chi connectivity index (χ2n) is 6.89. The summed E-state index contributed by atoms with van der Waals surface area (Å²) in [5.41, 5.74) is 1.44. The number of ether oxygens (including phenoxy) is 1. The van der Waals surface area contributed by atoms with Gasteiger partial charge in [-0.3, -0.25) is 4.79 Å². The Labute approximate surface area is 169 Å². The number of aromatic nitrogens is 3. The molecule has 8 nitrogen and oxygen atoms in total. The molecule has 0 aliphatic carbocycles. The predicted molar refractivity (Wildman–Crippen MR) is 108 cm³/mol. The fourth-order valence-corrected chi connectivity index (χ4v) is 3.49. The van der Waals surface area contributed by atoms with Crippen LogP contribution in [-0.4, -0.2) is 59.2 Å². The maximum absolute atomic E-state index is 13.0. The first kappa shape index (κ1) is 18.9. The molecule has 2 aromatic heterocycles. The van der Waals surface area contributed by atoms with Crippen LogP contribution >= 0.6 is 0 Å². The number of rotatable bonds is 4. The van der Waals surface area contributed by atoms with Crippen molar-refractivity contribution >= 4 is 11.7 Å². The number of nitrogens with zero attached hydrogens (tertiary/aromatic N) is 5. The summed E-state index contributed by atoms with van der Waals surface area (Å²) in [5.74, 6) is 2.53. The Hall–Kier alpha value is -3.42. The number of benzene rings is 1. The van der Waals surface area contributed by atoms with Gasteiger partial charge in [0.15, 0.2) is 5.82 Å². The number of carbonyl (C=O) groups excluding carboxylic acids is 1. The van der Waals surface area contributed by atoms with Crippen LogP contribution in [0.5, 0.6) is 5.75 Å². The monoisotopic (exact) mass is 393 g/mol. The molecule has 3 heterocycles. The van der Waals surface area contributed by atoms with Gasteiger partial charge in [-0.05, 0) is 43.7 Å². The maximum atomic E-state index is 13.0. The van der Waals surface area contributed by atoms with E-state index in [2.05, 4.69) is 20.0 Å². The second kappa shape index (κ2) is 8.30. The van der Waals surface area contributed by atoms with Crippen LogP contribution in [-0.2, 0) is 0 Å². The van der Waals surface area contributed by atoms with E-state index < -0.39 is 0 Å². The first-order valence-electron chi connectivity index (χ1n) is 9.59. The molecule has 8 heteroatoms. The van der Waals surface area contributed by atoms with E-state index in [1.165, 1.54) is 0 Å². The number of aryl methyl sites for hydroxylation is 1. The zero-order valence-electron chi connectivity index (χ0n) is 16.5. The number of anilines is 1. The lowest BCUT2D eigenvalue weighted by Gasteiger charge is -2.24. The predicted octanol–water partition coefficient (Wildman–Crippen LogP) is 2.80. The molecule has 1 aliphatic rings. The van der Waals surface area contributed by atoms with Crippen molar-refractivity contribution in [2.24, 2.45) is 0 Å². The fraction of sp³-hybridized carbons (Fsp3) is 0.333. The molecule has 1 amide bonds. The Kier molecular flexibility index (Phi) is 5.41. The Morgan fingerprint density at radius 1 is 1.14 bits per heavy atom. The van der Waals surface area contributed by atoms with E-state index in [9.17, 15) is 4.79 Å². The highest BCUT2D eigenvalue weighted by Gasteiger charge is 2.24. The van der Waals surface area contributed by atoms with Crippen molar-refractivity contribution in [3.05, 3.63) is 54.0 Å². The van der Waals surface area contributed by atoms with E-state index in [0.29, 0.717) is 42.7 Å². The Morgan fingerprint density at radius 2 is 2.03 bits per heavy atom. The third-order valence-electron chi connectivity index (χ3n) is 4.94. The molecule has 0 bridgehead atoms. The van der Waals surface area contributed by atoms with Crippen molar-refractivity contribution in [3.63, 3.8) is 0 Å². The molecule has 0 atom stereocenters. The van der Waals surface area contributed by atoms with Crippen molar-refractivity contribution in [2.45, 2.75) is 13.3 Å². The minimum Gasteiger partial charge on any atom is -0.497 e. The molecule has 150 valence electrons. The summed E-state index contributed by atoms with van der Waals surface area (Å²) in [5, 5.41) is 3.89. The topological polar surface area (TPSA) is 84.6 Å². The molecular formula is C21H23N5O3. The number of amides is 1. The Bertz CT molecular complexity index is 1000. The van der Waals surface area contributed by atoms with Crippen molar-refractivity contribution in [1.82, 2.24) is 20.0 Å². The standard InChI is InChI=1S/C21H23N5O3/c1-15-23-20(29-24-15)18-8-4-9-22-19(18)25-10-5-11-26(13-12-25)21(27)16-6-3-7-17(14-16)28-2/h3-4,6-9,14H,5,10-13H2,1-2H3. The summed E-state index contributed by atoms with van der Waals surface area (Å²) in [6, 6.07) is 11.1. The number of hydrogen-bond acceptors (Lipinski definition) is 7. The summed E-state index contributed by atoms with van der Waals surface area (Å²) in [6.45, 7) is 4.55. The van der Waals surface area contributed by atoms with E-state index in [0.717, 1.165) is 24.3 Å². The van der Waals surface area contributed by atoms with Crippen LogP contribution in [0.2, 0.25) is 0 Å². The quantitative estimate of drug-likeness (QED) is 0.674. The minimum atomic E-state index is 0.0134. The number of carbonyl (C=O) groups is 1. The zero-order chi connectivity index (χ0) is 20.2. The van der Waals surface area contributed by atoms with Crippen molar-refractivity contribution in [1.29, 1.82) is 0 Å². The SMILES string of the molecule is COc1cccc(C(=O)N2CCCN(c3ncccc3-c3nc(C)no3)CC2)c1. The van der Waals surface area contributed by atoms with E-state index in [1.54, 1.807) is 26.3 Å². The molecule has 1 saturated heterocycles. The highest BCUT2D eigenvalue weighted by atomic mass is 16.5. The maximum Gasteiger partial charge on any atom is 0.261 e. The van der Waals surface area contributed by atoms with E-state index in [1.807, 2.05) is 35.2 Å². The Balaban J connectivity index is 1.52. The lowest BCUT2D eigenvalue weighted by atomic mass is 10.2. The Morgan fingerprint density at radius 3 is 2.83 bits per heavy atom. The molecule has 0 saturated carbocycles. The molecule has 0 N–H and O–H groups in total. The van der Waals surface area contributed by atoms with Gasteiger partial charge in [-0.15, -0.1) is 0 Å². The highest BCUT2D eigenvalue weighted by molar-refractivity contribution is 5.94. The lowest BCUT2D eigenvalue weighted by Crippen LogP contribution is -2.35. The van der Waals surface area contributed by atoms with Crippen LogP contribution in [0.25, 0.3) is 11.5 Å². The second-order valence-corrected chi connectivity index (χ2v) is 6.89. The molecule has 0 unspecified atom stereocenters. The van der Waals surface area contributed by atoms with Crippen LogP contribution in [0.15, 0.2) is 47.1 Å². The summed E-state index contributed by atoms with van der Waals surface area (Å²) in [7, 11) is 1.60. The van der Waals surface area contributed by atoms with Gasteiger partial charge in [0.1, 0.15) is 11.6 Å². The van der Waals surface area contributed by atoms with Gasteiger partial charge in [0.25, 0.3) is 11.8 Å². The zero-order valence-corrected chi connectivity index (χ0v) is 16.5. The van der Waals surface area contributed by atoms with Crippen LogP contribution in [0.4, 0.5) is 5.82 Å². The van der Waals surface area contributed by atoms with Gasteiger partial charge in [0.2, 0.25) is 0 Å². The first-order chi connectivity index (χ1) is 14.2. The molecular weight excluding hydrogens is 370 g/mol. The van der Waals surface area contributed by atoms with E-state index in [4.69, 9.17) is 9.26 Å². The number of pyridine rings is 1. The van der Waals surface area contributed by atoms with Gasteiger partial charge in [0, 0.05) is 37.9 Å². The molecule has 0 spiro atoms. The third-order valence-corrected chi connectivity index (χ3v) is 4.94. The summed E-state index contributed by atoms with van der Waals surface area (Å²) in [6.07, 6.45) is 2.60. The van der Waals surface area contributed by atoms with Crippen molar-refractivity contribution in [3.8, 4) is 17.2 Å². The number of hydrogen-bond donors (Lipinski definition) is 0. The lowest BCUT2D eigenvalue weighted by molar-refractivity contribution is 0.0766. The average Bonchev–Trinajstić information content (AvgIpc) is 3.05. The van der Waals surface area contributed by atoms with E-state index >= 15 is 0 Å². The van der Waals surface area contributed by atoms with Gasteiger partial charge >= 0.3 is 0 Å². The molecule has 4 rings (SSSR count). The number of methoxy groups -OCH3 is 1. The molecule has 1 aliphatic heterocycles. The first-order valence-corrected chi connectivity index (χ1v) is 9.59. The smallest absolute Gasteiger partial charge is 0.261 e. The molecule has 1 aromatic carbocycles. The summed E-state index contributed by atoms with van der Waals surface area (Å²) >= 11 is 0. The van der Waals surface area contributed by atoms with Crippen LogP contribution in [0.3, 0.4) is 0 Å². The summed E-state index contributed by atoms with van der Waals surface area (Å²) in [4.78, 5) is 25.9. The molecule has 29 heavy (non-hydrogen) atoms. The van der Waals surface area contributed by atoms with Crippen molar-refractivity contribution in [2.75, 3.05) is 38.2 Å². The van der Waals surface area contributed by atoms with Crippen molar-refractivity contribution < 1.29 is 14.1 Å². The normalized spacial score (nSPS) is 14.6. The van der Waals surface area contributed by atoms with Gasteiger partial charge in [-0.1, -0.05) is 11.2 Å². The van der Waals surface area contributed by atoms with Crippen LogP contribution in [0.1, 0.15) is 22.6 Å². The van der Waals surface area contributed by atoms with Gasteiger partial charge < -0.3 is 19.1 Å². The van der Waals surface area contributed by atoms with Gasteiger partial charge in [0.05, 0.1) is 12.7 Å². The molecule has 0 radical (unpaired) electrons. The van der Waals surface area contributed by atoms with E-state index in [-0.39, 0.29) is 5.91 Å². The minimum absolute atomic E-state index is 0.0134. The third kappa shape index (κ3) is 4.06. The molecule has 3 aromatic rings. The highest BCUT2D eigenvalue weighted by Crippen LogP contribution is 2.28. The summed E-state index contributed by atoms with van der Waals surface area (Å²) < 4.78 is 10.6. The van der Waals surface area contributed by atoms with Crippen LogP contribution in [0, 0.1) is 6.92 Å². The van der Waals surface area contributed by atoms with Crippen LogP contribution < -0.4 is 9.64 Å². The fourth-order valence-electron chi connectivity index (χ4n) is 3.49. The largest absolute Gasteiger partial charge is 0.497 e. The van der Waals surface area contributed by atoms with Gasteiger partial charge in [-0.25, -0.2) is 4.98 Å². The average molecular weight is 393 g/mol. The van der Waals surface area contributed by atoms with Gasteiger partial charge in [-0.2, -0.15) is 4.98 Å².